The summed E-state index contributed by atoms with van der Waals surface area (Å²) in [6.45, 7) is -0.968. The van der Waals surface area contributed by atoms with Gasteiger partial charge in [0.15, 0.2) is 0 Å². The van der Waals surface area contributed by atoms with Crippen LogP contribution < -0.4 is 106 Å². The summed E-state index contributed by atoms with van der Waals surface area (Å²) in [6, 6.07) is 0.205. The van der Waals surface area contributed by atoms with Gasteiger partial charge in [0.1, 0.15) is 12.0 Å². The van der Waals surface area contributed by atoms with Crippen molar-refractivity contribution in [1.82, 2.24) is 9.55 Å². The Morgan fingerprint density at radius 2 is 1.76 bits per heavy atom. The Kier molecular flexibility index (Phi) is 18.3. The topological polar surface area (TPSA) is 290 Å². The Hall–Kier alpha value is 0.750. The number of rotatable bonds is 9. The maximum atomic E-state index is 11.9. The first kappa shape index (κ1) is 39.3. The van der Waals surface area contributed by atoms with Gasteiger partial charge in [-0.2, -0.15) is 4.98 Å². The fourth-order valence-electron chi connectivity index (χ4n) is 2.32. The van der Waals surface area contributed by atoms with E-state index in [1.54, 1.807) is 0 Å². The number of azide groups is 1. The molecule has 2 N–H and O–H groups in total. The Balaban J connectivity index is -0.00000240. The normalized spacial score (nSPS) is 22.8. The number of nitrogen functional groups attached to an aromatic ring is 1. The monoisotopic (exact) mass is 516 g/mol. The molecule has 25 heteroatoms. The van der Waals surface area contributed by atoms with Crippen molar-refractivity contribution in [3.05, 3.63) is 33.2 Å². The van der Waals surface area contributed by atoms with E-state index in [4.69, 9.17) is 16.0 Å². The van der Waals surface area contributed by atoms with Crippen LogP contribution in [0.4, 0.5) is 5.82 Å². The van der Waals surface area contributed by atoms with Crippen molar-refractivity contribution in [2.45, 2.75) is 24.8 Å². The molecule has 0 amide bonds. The fraction of sp³-hybridized carbons (Fsp3) is 0.556. The number of nitrogens with zero attached hydrogens (tertiary/aromatic N) is 5. The maximum Gasteiger partial charge on any atom is 1.00 e. The number of phosphoric ester groups is 1. The SMILES string of the molecule is [Li+].[Li+].[Li+].[Li+].[N-]=[N+]=NC1CC(n2ccc(N)nc2=O)OC1COP(=O)([O-])OP(=O)([O-])OP(=O)([O-])[O-]. The van der Waals surface area contributed by atoms with Gasteiger partial charge in [0, 0.05) is 17.5 Å². The Labute approximate surface area is 239 Å². The standard InChI is InChI=1S/C9H15N6O12P3.4Li/c10-7-1-2-15(9(16)12-7)8-3-5(13-14-11)6(25-8)4-24-29(20,21)27-30(22,23)26-28(17,18)19;;;;/h1-2,5-6,8H,3-4H2,(H,20,21)(H,22,23)(H2,10,12,16)(H2,17,18,19);;;;/q;4*+1/p-4. The fourth-order valence-corrected chi connectivity index (χ4v) is 5.18. The molecule has 1 aromatic rings. The number of phosphoric acid groups is 3. The summed E-state index contributed by atoms with van der Waals surface area (Å²) in [7, 11) is -18.0. The van der Waals surface area contributed by atoms with Crippen LogP contribution in [-0.4, -0.2) is 28.3 Å². The average Bonchev–Trinajstić information content (AvgIpc) is 2.92. The number of aromatic nitrogens is 2. The van der Waals surface area contributed by atoms with Gasteiger partial charge in [-0.05, 0) is 11.6 Å². The van der Waals surface area contributed by atoms with Crippen molar-refractivity contribution in [3.63, 3.8) is 0 Å². The van der Waals surface area contributed by atoms with E-state index >= 15 is 0 Å². The zero-order valence-electron chi connectivity index (χ0n) is 18.4. The van der Waals surface area contributed by atoms with Crippen LogP contribution in [0.25, 0.3) is 10.4 Å². The molecule has 0 spiro atoms. The van der Waals surface area contributed by atoms with Gasteiger partial charge in [-0.3, -0.25) is 18.0 Å². The minimum atomic E-state index is -6.13. The summed E-state index contributed by atoms with van der Waals surface area (Å²) >= 11 is 0. The third kappa shape index (κ3) is 12.8. The summed E-state index contributed by atoms with van der Waals surface area (Å²) < 4.78 is 50.1. The molecule has 0 aromatic carbocycles. The van der Waals surface area contributed by atoms with Gasteiger partial charge in [0.05, 0.1) is 26.6 Å². The molecule has 1 aliphatic heterocycles. The van der Waals surface area contributed by atoms with E-state index in [0.29, 0.717) is 0 Å². The van der Waals surface area contributed by atoms with Gasteiger partial charge < -0.3 is 39.1 Å². The average molecular weight is 516 g/mol. The molecular formula is C9H11Li4N6O12P3. The maximum absolute atomic E-state index is 11.9. The van der Waals surface area contributed by atoms with Crippen molar-refractivity contribution >= 4 is 29.3 Å². The van der Waals surface area contributed by atoms with Crippen LogP contribution in [0.15, 0.2) is 22.2 Å². The van der Waals surface area contributed by atoms with E-state index in [1.807, 2.05) is 0 Å². The van der Waals surface area contributed by atoms with E-state index < -0.39 is 54.1 Å². The van der Waals surface area contributed by atoms with Gasteiger partial charge in [-0.25, -0.2) is 9.11 Å². The van der Waals surface area contributed by atoms with Crippen LogP contribution in [0.2, 0.25) is 0 Å². The third-order valence-corrected chi connectivity index (χ3v) is 7.03. The summed E-state index contributed by atoms with van der Waals surface area (Å²) in [4.78, 5) is 61.2. The van der Waals surface area contributed by atoms with E-state index in [2.05, 4.69) is 28.2 Å². The van der Waals surface area contributed by atoms with Gasteiger partial charge >= 0.3 is 81.1 Å². The summed E-state index contributed by atoms with van der Waals surface area (Å²) in [6.07, 6.45) is -1.27. The van der Waals surface area contributed by atoms with E-state index in [9.17, 15) is 38.1 Å². The molecule has 0 aliphatic carbocycles. The first-order valence-electron chi connectivity index (χ1n) is 7.47. The van der Waals surface area contributed by atoms with Crippen molar-refractivity contribution in [2.75, 3.05) is 12.3 Å². The first-order valence-corrected chi connectivity index (χ1v) is 11.9. The first-order chi connectivity index (χ1) is 13.7. The molecule has 18 nitrogen and oxygen atoms in total. The molecule has 1 saturated heterocycles. The van der Waals surface area contributed by atoms with E-state index in [1.165, 1.54) is 12.3 Å². The van der Waals surface area contributed by atoms with Crippen molar-refractivity contribution < 1.29 is 127 Å². The quantitative estimate of drug-likeness (QED) is 0.105. The van der Waals surface area contributed by atoms with Gasteiger partial charge in [-0.1, -0.05) is 5.11 Å². The van der Waals surface area contributed by atoms with Crippen LogP contribution in [0.3, 0.4) is 0 Å². The van der Waals surface area contributed by atoms with Gasteiger partial charge in [-0.15, -0.1) is 0 Å². The number of hydrogen-bond donors (Lipinski definition) is 1. The van der Waals surface area contributed by atoms with Crippen LogP contribution in [0.5, 0.6) is 0 Å². The van der Waals surface area contributed by atoms with E-state index in [-0.39, 0.29) is 87.7 Å². The minimum Gasteiger partial charge on any atom is -0.790 e. The summed E-state index contributed by atoms with van der Waals surface area (Å²) in [5.74, 6) is -0.0739. The molecule has 34 heavy (non-hydrogen) atoms. The molecule has 168 valence electrons. The number of nitrogens with two attached hydrogens (primary N) is 1. The van der Waals surface area contributed by atoms with Gasteiger partial charge in [0.2, 0.25) is 0 Å². The zero-order valence-corrected chi connectivity index (χ0v) is 21.0. The second-order valence-corrected chi connectivity index (χ2v) is 9.73. The molecule has 1 aliphatic rings. The molecule has 2 rings (SSSR count). The van der Waals surface area contributed by atoms with Crippen LogP contribution in [0, 0.1) is 0 Å². The molecule has 1 fully saturated rings. The molecule has 0 radical (unpaired) electrons. The largest absolute Gasteiger partial charge is 1.00 e. The predicted molar refractivity (Wildman–Crippen MR) is 85.3 cm³/mol. The summed E-state index contributed by atoms with van der Waals surface area (Å²) in [5, 5.41) is 3.37. The van der Waals surface area contributed by atoms with Crippen molar-refractivity contribution in [1.29, 1.82) is 0 Å². The summed E-state index contributed by atoms with van der Waals surface area (Å²) in [5.41, 5.74) is 13.2. The third-order valence-electron chi connectivity index (χ3n) is 3.36. The number of ether oxygens (including phenoxy) is 1. The molecule has 0 bridgehead atoms. The molecule has 0 saturated carbocycles. The van der Waals surface area contributed by atoms with Crippen molar-refractivity contribution in [3.8, 4) is 0 Å². The second-order valence-electron chi connectivity index (χ2n) is 5.48. The van der Waals surface area contributed by atoms with Crippen LogP contribution in [0.1, 0.15) is 12.6 Å². The molecule has 2 heterocycles. The Morgan fingerprint density at radius 3 is 2.26 bits per heavy atom. The van der Waals surface area contributed by atoms with Crippen LogP contribution >= 0.6 is 23.5 Å². The molecule has 5 atom stereocenters. The number of hydrogen-bond acceptors (Lipinski definition) is 15. The minimum absolute atomic E-state index is 0. The van der Waals surface area contributed by atoms with Crippen molar-refractivity contribution in [2.24, 2.45) is 5.11 Å². The molecular weight excluding hydrogens is 505 g/mol. The predicted octanol–water partition coefficient (Wildman–Crippen LogP) is -14.4. The number of anilines is 1. The molecule has 1 aromatic heterocycles. The zero-order chi connectivity index (χ0) is 22.7. The Morgan fingerprint density at radius 1 is 1.18 bits per heavy atom. The van der Waals surface area contributed by atoms with Crippen LogP contribution in [-0.2, 0) is 31.6 Å². The van der Waals surface area contributed by atoms with E-state index in [0.717, 1.165) is 4.57 Å². The van der Waals surface area contributed by atoms with Gasteiger partial charge in [0.25, 0.3) is 15.6 Å². The smallest absolute Gasteiger partial charge is 0.790 e. The molecule has 5 unspecified atom stereocenters. The second kappa shape index (κ2) is 15.9. The Bertz CT molecular complexity index is 1050.